The molecule has 3 N–H and O–H groups in total. The van der Waals surface area contributed by atoms with Gasteiger partial charge in [0.25, 0.3) is 0 Å². The van der Waals surface area contributed by atoms with E-state index in [9.17, 15) is 9.59 Å². The number of aliphatic carboxylic acids is 1. The second kappa shape index (κ2) is 5.11. The van der Waals surface area contributed by atoms with Crippen LogP contribution in [0.3, 0.4) is 0 Å². The fourth-order valence-electron chi connectivity index (χ4n) is 1.08. The first-order valence-electron chi connectivity index (χ1n) is 4.84. The molecule has 5 heteroatoms. The molecule has 88 valence electrons. The average Bonchev–Trinajstić information content (AvgIpc) is 1.99. The summed E-state index contributed by atoms with van der Waals surface area (Å²) >= 11 is 0. The second-order valence-electron chi connectivity index (χ2n) is 4.56. The molecule has 0 aromatic heterocycles. The number of carboxylic acid groups (broad SMARTS) is 1. The summed E-state index contributed by atoms with van der Waals surface area (Å²) in [5.41, 5.74) is 4.66. The molecule has 0 heterocycles. The van der Waals surface area contributed by atoms with E-state index in [4.69, 9.17) is 15.6 Å². The van der Waals surface area contributed by atoms with Gasteiger partial charge >= 0.3 is 11.9 Å². The van der Waals surface area contributed by atoms with E-state index in [0.29, 0.717) is 0 Å². The first-order chi connectivity index (χ1) is 6.69. The largest absolute Gasteiger partial charge is 0.481 e. The number of hydrogen-bond donors (Lipinski definition) is 2. The van der Waals surface area contributed by atoms with Gasteiger partial charge in [0.2, 0.25) is 0 Å². The molecule has 0 amide bonds. The number of ether oxygens (including phenoxy) is 1. The van der Waals surface area contributed by atoms with Crippen LogP contribution in [0, 0.1) is 11.8 Å². The Balaban J connectivity index is 4.65. The predicted molar refractivity (Wildman–Crippen MR) is 55.2 cm³/mol. The van der Waals surface area contributed by atoms with Crippen molar-refractivity contribution in [3.8, 4) is 0 Å². The van der Waals surface area contributed by atoms with Gasteiger partial charge in [-0.15, -0.1) is 0 Å². The molecule has 0 aliphatic carbocycles. The fraction of sp³-hybridized carbons (Fsp3) is 0.800. The molecule has 0 saturated heterocycles. The van der Waals surface area contributed by atoms with Crippen molar-refractivity contribution in [2.45, 2.75) is 33.3 Å². The first kappa shape index (κ1) is 13.9. The normalized spacial score (nSPS) is 15.5. The standard InChI is InChI=1S/C10H19NO4/c1-6(5-11)7(8(12)13)9(14)15-10(2,3)4/h6-7H,5,11H2,1-4H3,(H,12,13). The molecule has 0 radical (unpaired) electrons. The second-order valence-corrected chi connectivity index (χ2v) is 4.56. The van der Waals surface area contributed by atoms with Gasteiger partial charge in [-0.25, -0.2) is 0 Å². The van der Waals surface area contributed by atoms with Crippen molar-refractivity contribution in [3.05, 3.63) is 0 Å². The summed E-state index contributed by atoms with van der Waals surface area (Å²) in [5.74, 6) is -3.54. The van der Waals surface area contributed by atoms with Crippen LogP contribution in [0.4, 0.5) is 0 Å². The Kier molecular flexibility index (Phi) is 4.74. The molecule has 0 bridgehead atoms. The van der Waals surface area contributed by atoms with Gasteiger partial charge in [0.05, 0.1) is 0 Å². The lowest BCUT2D eigenvalue weighted by atomic mass is 9.94. The fourth-order valence-corrected chi connectivity index (χ4v) is 1.08. The molecule has 0 aromatic carbocycles. The smallest absolute Gasteiger partial charge is 0.321 e. The van der Waals surface area contributed by atoms with E-state index in [1.807, 2.05) is 0 Å². The molecule has 15 heavy (non-hydrogen) atoms. The Morgan fingerprint density at radius 2 is 1.87 bits per heavy atom. The van der Waals surface area contributed by atoms with Crippen molar-refractivity contribution >= 4 is 11.9 Å². The van der Waals surface area contributed by atoms with Gasteiger partial charge in [0.15, 0.2) is 5.92 Å². The van der Waals surface area contributed by atoms with Crippen molar-refractivity contribution in [3.63, 3.8) is 0 Å². The van der Waals surface area contributed by atoms with Gasteiger partial charge in [-0.3, -0.25) is 9.59 Å². The molecule has 2 unspecified atom stereocenters. The molecule has 0 aromatic rings. The van der Waals surface area contributed by atoms with Crippen molar-refractivity contribution < 1.29 is 19.4 Å². The molecular formula is C10H19NO4. The van der Waals surface area contributed by atoms with E-state index in [0.717, 1.165) is 0 Å². The van der Waals surface area contributed by atoms with E-state index in [1.54, 1.807) is 27.7 Å². The van der Waals surface area contributed by atoms with Crippen molar-refractivity contribution in [2.75, 3.05) is 6.54 Å². The third-order valence-electron chi connectivity index (χ3n) is 1.87. The number of carboxylic acids is 1. The number of hydrogen-bond acceptors (Lipinski definition) is 4. The van der Waals surface area contributed by atoms with Gasteiger partial charge in [-0.2, -0.15) is 0 Å². The summed E-state index contributed by atoms with van der Waals surface area (Å²) in [6.07, 6.45) is 0. The van der Waals surface area contributed by atoms with E-state index < -0.39 is 29.4 Å². The van der Waals surface area contributed by atoms with Crippen molar-refractivity contribution in [1.82, 2.24) is 0 Å². The summed E-state index contributed by atoms with van der Waals surface area (Å²) < 4.78 is 5.01. The molecule has 0 spiro atoms. The summed E-state index contributed by atoms with van der Waals surface area (Å²) in [4.78, 5) is 22.4. The maximum absolute atomic E-state index is 11.5. The van der Waals surface area contributed by atoms with Gasteiger partial charge in [-0.1, -0.05) is 6.92 Å². The van der Waals surface area contributed by atoms with E-state index >= 15 is 0 Å². The summed E-state index contributed by atoms with van der Waals surface area (Å²) in [6, 6.07) is 0. The van der Waals surface area contributed by atoms with Crippen LogP contribution in [0.1, 0.15) is 27.7 Å². The monoisotopic (exact) mass is 217 g/mol. The van der Waals surface area contributed by atoms with Crippen LogP contribution >= 0.6 is 0 Å². The zero-order chi connectivity index (χ0) is 12.2. The van der Waals surface area contributed by atoms with Crippen LogP contribution in [-0.4, -0.2) is 29.2 Å². The van der Waals surface area contributed by atoms with Crippen molar-refractivity contribution in [2.24, 2.45) is 17.6 Å². The Morgan fingerprint density at radius 3 is 2.13 bits per heavy atom. The van der Waals surface area contributed by atoms with Gasteiger partial charge < -0.3 is 15.6 Å². The van der Waals surface area contributed by atoms with Gasteiger partial charge in [-0.05, 0) is 33.2 Å². The molecule has 5 nitrogen and oxygen atoms in total. The van der Waals surface area contributed by atoms with Crippen LogP contribution < -0.4 is 5.73 Å². The highest BCUT2D eigenvalue weighted by Crippen LogP contribution is 2.17. The highest BCUT2D eigenvalue weighted by Gasteiger charge is 2.35. The van der Waals surface area contributed by atoms with Crippen LogP contribution in [0.2, 0.25) is 0 Å². The van der Waals surface area contributed by atoms with Crippen LogP contribution in [-0.2, 0) is 14.3 Å². The molecule has 0 fully saturated rings. The third-order valence-corrected chi connectivity index (χ3v) is 1.87. The van der Waals surface area contributed by atoms with Gasteiger partial charge in [0.1, 0.15) is 5.60 Å². The van der Waals surface area contributed by atoms with E-state index in [1.165, 1.54) is 0 Å². The highest BCUT2D eigenvalue weighted by molar-refractivity contribution is 5.94. The summed E-state index contributed by atoms with van der Waals surface area (Å²) in [5, 5.41) is 8.89. The lowest BCUT2D eigenvalue weighted by Crippen LogP contribution is -2.38. The van der Waals surface area contributed by atoms with Crippen LogP contribution in [0.25, 0.3) is 0 Å². The minimum Gasteiger partial charge on any atom is -0.481 e. The minimum atomic E-state index is -1.19. The lowest BCUT2D eigenvalue weighted by Gasteiger charge is -2.24. The number of carbonyl (C=O) groups excluding carboxylic acids is 1. The Morgan fingerprint density at radius 1 is 1.40 bits per heavy atom. The maximum Gasteiger partial charge on any atom is 0.321 e. The molecule has 0 aliphatic heterocycles. The Bertz CT molecular complexity index is 244. The average molecular weight is 217 g/mol. The SMILES string of the molecule is CC(CN)C(C(=O)O)C(=O)OC(C)(C)C. The number of esters is 1. The number of nitrogens with two attached hydrogens (primary N) is 1. The zero-order valence-electron chi connectivity index (χ0n) is 9.61. The Labute approximate surface area is 89.6 Å². The molecule has 2 atom stereocenters. The summed E-state index contributed by atoms with van der Waals surface area (Å²) in [7, 11) is 0. The minimum absolute atomic E-state index is 0.135. The highest BCUT2D eigenvalue weighted by atomic mass is 16.6. The lowest BCUT2D eigenvalue weighted by molar-refractivity contribution is -0.169. The number of rotatable bonds is 4. The molecule has 0 saturated carbocycles. The summed E-state index contributed by atoms with van der Waals surface area (Å²) in [6.45, 7) is 6.82. The molecule has 0 aliphatic rings. The third kappa shape index (κ3) is 4.78. The molecular weight excluding hydrogens is 198 g/mol. The zero-order valence-corrected chi connectivity index (χ0v) is 9.61. The topological polar surface area (TPSA) is 89.6 Å². The first-order valence-corrected chi connectivity index (χ1v) is 4.84. The quantitative estimate of drug-likeness (QED) is 0.532. The van der Waals surface area contributed by atoms with Gasteiger partial charge in [0, 0.05) is 0 Å². The van der Waals surface area contributed by atoms with E-state index in [-0.39, 0.29) is 6.54 Å². The van der Waals surface area contributed by atoms with Crippen molar-refractivity contribution in [1.29, 1.82) is 0 Å². The molecule has 0 rings (SSSR count). The predicted octanol–water partition coefficient (Wildman–Crippen LogP) is 0.624. The van der Waals surface area contributed by atoms with Crippen LogP contribution in [0.15, 0.2) is 0 Å². The maximum atomic E-state index is 11.5. The van der Waals surface area contributed by atoms with Crippen LogP contribution in [0.5, 0.6) is 0 Å². The number of carbonyl (C=O) groups is 2. The Hall–Kier alpha value is -1.10. The van der Waals surface area contributed by atoms with E-state index in [2.05, 4.69) is 0 Å².